The summed E-state index contributed by atoms with van der Waals surface area (Å²) in [7, 11) is 1.74. The standard InChI is InChI=1S/C14H19NO3/c1-18-13-7-12(8-13)15-9-11-5-3-2-4-10(11)6-14(16)17/h2-5,12-13,15H,6-9H2,1H3,(H,16,17). The first-order valence-electron chi connectivity index (χ1n) is 6.23. The molecule has 4 heteroatoms. The lowest BCUT2D eigenvalue weighted by molar-refractivity contribution is -0.136. The van der Waals surface area contributed by atoms with Crippen LogP contribution < -0.4 is 5.32 Å². The topological polar surface area (TPSA) is 58.6 Å². The first-order chi connectivity index (χ1) is 8.69. The average Bonchev–Trinajstić information content (AvgIpc) is 2.28. The maximum Gasteiger partial charge on any atom is 0.307 e. The van der Waals surface area contributed by atoms with Crippen molar-refractivity contribution in [1.29, 1.82) is 0 Å². The first kappa shape index (κ1) is 13.1. The van der Waals surface area contributed by atoms with Gasteiger partial charge in [-0.25, -0.2) is 0 Å². The summed E-state index contributed by atoms with van der Waals surface area (Å²) in [5.41, 5.74) is 1.96. The van der Waals surface area contributed by atoms with Crippen LogP contribution >= 0.6 is 0 Å². The minimum Gasteiger partial charge on any atom is -0.481 e. The van der Waals surface area contributed by atoms with Crippen LogP contribution in [0.1, 0.15) is 24.0 Å². The number of rotatable bonds is 6. The maximum absolute atomic E-state index is 10.8. The number of benzene rings is 1. The van der Waals surface area contributed by atoms with E-state index in [1.807, 2.05) is 24.3 Å². The molecular formula is C14H19NO3. The van der Waals surface area contributed by atoms with Gasteiger partial charge in [-0.3, -0.25) is 4.79 Å². The van der Waals surface area contributed by atoms with E-state index in [1.54, 1.807) is 7.11 Å². The van der Waals surface area contributed by atoms with Crippen LogP contribution in [0.4, 0.5) is 0 Å². The SMILES string of the molecule is COC1CC(NCc2ccccc2CC(=O)O)C1. The quantitative estimate of drug-likeness (QED) is 0.803. The van der Waals surface area contributed by atoms with Gasteiger partial charge in [-0.15, -0.1) is 0 Å². The molecule has 1 saturated carbocycles. The van der Waals surface area contributed by atoms with Crippen molar-refractivity contribution in [3.63, 3.8) is 0 Å². The van der Waals surface area contributed by atoms with Crippen LogP contribution in [0.3, 0.4) is 0 Å². The van der Waals surface area contributed by atoms with Gasteiger partial charge < -0.3 is 15.2 Å². The van der Waals surface area contributed by atoms with Crippen LogP contribution in [0, 0.1) is 0 Å². The highest BCUT2D eigenvalue weighted by atomic mass is 16.5. The number of methoxy groups -OCH3 is 1. The summed E-state index contributed by atoms with van der Waals surface area (Å²) in [5, 5.41) is 12.3. The lowest BCUT2D eigenvalue weighted by Crippen LogP contribution is -2.44. The van der Waals surface area contributed by atoms with Crippen LogP contribution in [0.15, 0.2) is 24.3 Å². The summed E-state index contributed by atoms with van der Waals surface area (Å²) in [6, 6.07) is 8.18. The average molecular weight is 249 g/mol. The highest BCUT2D eigenvalue weighted by Crippen LogP contribution is 2.23. The molecule has 0 atom stereocenters. The summed E-state index contributed by atoms with van der Waals surface area (Å²) in [6.45, 7) is 0.727. The normalized spacial score (nSPS) is 22.5. The minimum atomic E-state index is -0.787. The van der Waals surface area contributed by atoms with Crippen molar-refractivity contribution in [3.05, 3.63) is 35.4 Å². The van der Waals surface area contributed by atoms with E-state index >= 15 is 0 Å². The number of nitrogens with one attached hydrogen (secondary N) is 1. The fourth-order valence-corrected chi connectivity index (χ4v) is 2.24. The number of hydrogen-bond acceptors (Lipinski definition) is 3. The molecule has 0 spiro atoms. The molecule has 0 amide bonds. The Labute approximate surface area is 107 Å². The Morgan fingerprint density at radius 1 is 1.39 bits per heavy atom. The molecule has 98 valence electrons. The zero-order chi connectivity index (χ0) is 13.0. The first-order valence-corrected chi connectivity index (χ1v) is 6.23. The van der Waals surface area contributed by atoms with Gasteiger partial charge in [0.25, 0.3) is 0 Å². The van der Waals surface area contributed by atoms with Gasteiger partial charge in [-0.2, -0.15) is 0 Å². The number of carbonyl (C=O) groups is 1. The van der Waals surface area contributed by atoms with E-state index in [0.717, 1.165) is 30.5 Å². The van der Waals surface area contributed by atoms with E-state index in [1.165, 1.54) is 0 Å². The Hall–Kier alpha value is -1.39. The second-order valence-corrected chi connectivity index (χ2v) is 4.75. The summed E-state index contributed by atoms with van der Waals surface area (Å²) in [6.07, 6.45) is 2.55. The predicted octanol–water partition coefficient (Wildman–Crippen LogP) is 1.58. The smallest absolute Gasteiger partial charge is 0.307 e. The van der Waals surface area contributed by atoms with Crippen LogP contribution in [0.2, 0.25) is 0 Å². The van der Waals surface area contributed by atoms with Gasteiger partial charge in [-0.1, -0.05) is 24.3 Å². The molecule has 0 aromatic heterocycles. The van der Waals surface area contributed by atoms with Crippen LogP contribution in [-0.2, 0) is 22.5 Å². The molecule has 2 rings (SSSR count). The molecule has 1 aliphatic rings. The zero-order valence-electron chi connectivity index (χ0n) is 10.6. The van der Waals surface area contributed by atoms with E-state index in [4.69, 9.17) is 9.84 Å². The Kier molecular flexibility index (Phi) is 4.33. The largest absolute Gasteiger partial charge is 0.481 e. The third kappa shape index (κ3) is 3.31. The molecule has 1 fully saturated rings. The monoisotopic (exact) mass is 249 g/mol. The summed E-state index contributed by atoms with van der Waals surface area (Å²) < 4.78 is 5.23. The second kappa shape index (κ2) is 5.98. The molecule has 1 aliphatic carbocycles. The molecule has 1 aromatic carbocycles. The summed E-state index contributed by atoms with van der Waals surface area (Å²) in [5.74, 6) is -0.787. The molecule has 0 aliphatic heterocycles. The van der Waals surface area contributed by atoms with E-state index in [0.29, 0.717) is 12.1 Å². The van der Waals surface area contributed by atoms with Crippen molar-refractivity contribution in [2.24, 2.45) is 0 Å². The van der Waals surface area contributed by atoms with Gasteiger partial charge >= 0.3 is 5.97 Å². The number of hydrogen-bond donors (Lipinski definition) is 2. The molecule has 0 saturated heterocycles. The Morgan fingerprint density at radius 2 is 2.06 bits per heavy atom. The van der Waals surface area contributed by atoms with Crippen molar-refractivity contribution in [1.82, 2.24) is 5.32 Å². The van der Waals surface area contributed by atoms with Gasteiger partial charge in [0.1, 0.15) is 0 Å². The lowest BCUT2D eigenvalue weighted by Gasteiger charge is -2.35. The zero-order valence-corrected chi connectivity index (χ0v) is 10.6. The van der Waals surface area contributed by atoms with Gasteiger partial charge in [0, 0.05) is 19.7 Å². The molecule has 0 bridgehead atoms. The molecule has 4 nitrogen and oxygen atoms in total. The van der Waals surface area contributed by atoms with Crippen molar-refractivity contribution in [2.75, 3.05) is 7.11 Å². The van der Waals surface area contributed by atoms with E-state index in [9.17, 15) is 4.79 Å². The van der Waals surface area contributed by atoms with Gasteiger partial charge in [0.15, 0.2) is 0 Å². The second-order valence-electron chi connectivity index (χ2n) is 4.75. The van der Waals surface area contributed by atoms with Crippen molar-refractivity contribution in [2.45, 2.75) is 38.0 Å². The third-order valence-corrected chi connectivity index (χ3v) is 3.47. The third-order valence-electron chi connectivity index (χ3n) is 3.47. The van der Waals surface area contributed by atoms with E-state index in [2.05, 4.69) is 5.32 Å². The van der Waals surface area contributed by atoms with Crippen LogP contribution in [-0.4, -0.2) is 30.3 Å². The molecule has 0 heterocycles. The highest BCUT2D eigenvalue weighted by Gasteiger charge is 2.28. The Bertz CT molecular complexity index is 413. The van der Waals surface area contributed by atoms with E-state index < -0.39 is 5.97 Å². The van der Waals surface area contributed by atoms with Crippen molar-refractivity contribution >= 4 is 5.97 Å². The van der Waals surface area contributed by atoms with Gasteiger partial charge in [0.05, 0.1) is 12.5 Å². The molecule has 1 aromatic rings. The van der Waals surface area contributed by atoms with Gasteiger partial charge in [-0.05, 0) is 24.0 Å². The van der Waals surface area contributed by atoms with E-state index in [-0.39, 0.29) is 6.42 Å². The molecule has 0 radical (unpaired) electrons. The molecule has 18 heavy (non-hydrogen) atoms. The highest BCUT2D eigenvalue weighted by molar-refractivity contribution is 5.70. The number of carboxylic acids is 1. The lowest BCUT2D eigenvalue weighted by atomic mass is 9.89. The van der Waals surface area contributed by atoms with Crippen LogP contribution in [0.25, 0.3) is 0 Å². The Balaban J connectivity index is 1.87. The maximum atomic E-state index is 10.8. The molecule has 0 unspecified atom stereocenters. The fraction of sp³-hybridized carbons (Fsp3) is 0.500. The molecule has 2 N–H and O–H groups in total. The van der Waals surface area contributed by atoms with Crippen LogP contribution in [0.5, 0.6) is 0 Å². The predicted molar refractivity (Wildman–Crippen MR) is 68.4 cm³/mol. The number of ether oxygens (including phenoxy) is 1. The van der Waals surface area contributed by atoms with Crippen molar-refractivity contribution in [3.8, 4) is 0 Å². The molecular weight excluding hydrogens is 230 g/mol. The van der Waals surface area contributed by atoms with Gasteiger partial charge in [0.2, 0.25) is 0 Å². The minimum absolute atomic E-state index is 0.0865. The fourth-order valence-electron chi connectivity index (χ4n) is 2.24. The summed E-state index contributed by atoms with van der Waals surface area (Å²) >= 11 is 0. The number of carboxylic acid groups (broad SMARTS) is 1. The summed E-state index contributed by atoms with van der Waals surface area (Å²) in [4.78, 5) is 10.8. The van der Waals surface area contributed by atoms with Crippen molar-refractivity contribution < 1.29 is 14.6 Å². The number of aliphatic carboxylic acids is 1. The Morgan fingerprint density at radius 3 is 2.67 bits per heavy atom.